The SMILES string of the molecule is O=C(O)Cn1nnnc1SCC1Cc2cc(Cl)ccc2O1. The molecule has 0 radical (unpaired) electrons. The quantitative estimate of drug-likeness (QED) is 0.833. The van der Waals surface area contributed by atoms with Crippen molar-refractivity contribution in [2.24, 2.45) is 0 Å². The number of rotatable bonds is 5. The highest BCUT2D eigenvalue weighted by molar-refractivity contribution is 7.99. The first-order valence-corrected chi connectivity index (χ1v) is 7.54. The Morgan fingerprint density at radius 1 is 1.57 bits per heavy atom. The van der Waals surface area contributed by atoms with Gasteiger partial charge in [-0.15, -0.1) is 5.10 Å². The Bertz CT molecular complexity index is 678. The molecule has 0 bridgehead atoms. The van der Waals surface area contributed by atoms with E-state index in [9.17, 15) is 4.79 Å². The summed E-state index contributed by atoms with van der Waals surface area (Å²) in [5.41, 5.74) is 1.08. The molecular formula is C12H11ClN4O3S. The monoisotopic (exact) mass is 326 g/mol. The third kappa shape index (κ3) is 3.27. The van der Waals surface area contributed by atoms with Gasteiger partial charge in [0.2, 0.25) is 5.16 Å². The van der Waals surface area contributed by atoms with Gasteiger partial charge in [0.15, 0.2) is 0 Å². The number of carboxylic acids is 1. The van der Waals surface area contributed by atoms with Crippen molar-refractivity contribution in [3.05, 3.63) is 28.8 Å². The highest BCUT2D eigenvalue weighted by Gasteiger charge is 2.24. The number of fused-ring (bicyclic) bond motifs is 1. The van der Waals surface area contributed by atoms with E-state index in [0.717, 1.165) is 17.7 Å². The maximum absolute atomic E-state index is 10.7. The van der Waals surface area contributed by atoms with Crippen LogP contribution in [0.15, 0.2) is 23.4 Å². The average Bonchev–Trinajstić information content (AvgIpc) is 3.01. The first-order chi connectivity index (χ1) is 10.1. The molecule has 2 aromatic rings. The van der Waals surface area contributed by atoms with E-state index in [1.54, 1.807) is 6.07 Å². The van der Waals surface area contributed by atoms with Gasteiger partial charge in [0.05, 0.1) is 0 Å². The predicted molar refractivity (Wildman–Crippen MR) is 75.7 cm³/mol. The summed E-state index contributed by atoms with van der Waals surface area (Å²) in [5, 5.41) is 20.9. The van der Waals surface area contributed by atoms with Crippen LogP contribution in [0.2, 0.25) is 5.02 Å². The van der Waals surface area contributed by atoms with Crippen molar-refractivity contribution in [2.75, 3.05) is 5.75 Å². The van der Waals surface area contributed by atoms with Gasteiger partial charge in [0, 0.05) is 17.2 Å². The van der Waals surface area contributed by atoms with Crippen LogP contribution in [0.5, 0.6) is 5.75 Å². The molecule has 0 saturated carbocycles. The second-order valence-corrected chi connectivity index (χ2v) is 5.94. The van der Waals surface area contributed by atoms with Crippen LogP contribution in [0.4, 0.5) is 0 Å². The Kier molecular flexibility index (Phi) is 3.98. The number of benzene rings is 1. The van der Waals surface area contributed by atoms with Crippen LogP contribution < -0.4 is 4.74 Å². The third-order valence-corrected chi connectivity index (χ3v) is 4.27. The largest absolute Gasteiger partial charge is 0.489 e. The van der Waals surface area contributed by atoms with Crippen LogP contribution in [0, 0.1) is 0 Å². The molecule has 0 amide bonds. The lowest BCUT2D eigenvalue weighted by Gasteiger charge is -2.09. The molecule has 1 aliphatic rings. The Balaban J connectivity index is 1.60. The summed E-state index contributed by atoms with van der Waals surface area (Å²) in [6.45, 7) is -0.253. The molecule has 110 valence electrons. The lowest BCUT2D eigenvalue weighted by Crippen LogP contribution is -2.17. The van der Waals surface area contributed by atoms with Crippen molar-refractivity contribution in [2.45, 2.75) is 24.2 Å². The first kappa shape index (κ1) is 14.2. The van der Waals surface area contributed by atoms with Crippen molar-refractivity contribution in [1.29, 1.82) is 0 Å². The van der Waals surface area contributed by atoms with Gasteiger partial charge in [-0.2, -0.15) is 0 Å². The van der Waals surface area contributed by atoms with Gasteiger partial charge in [-0.25, -0.2) is 4.68 Å². The number of carbonyl (C=O) groups is 1. The lowest BCUT2D eigenvalue weighted by molar-refractivity contribution is -0.138. The fourth-order valence-electron chi connectivity index (χ4n) is 2.08. The lowest BCUT2D eigenvalue weighted by atomic mass is 10.1. The smallest absolute Gasteiger partial charge is 0.325 e. The number of hydrogen-bond acceptors (Lipinski definition) is 6. The summed E-state index contributed by atoms with van der Waals surface area (Å²) < 4.78 is 7.06. The normalized spacial score (nSPS) is 16.5. The van der Waals surface area contributed by atoms with Gasteiger partial charge in [0.25, 0.3) is 0 Å². The molecule has 1 aromatic carbocycles. The molecular weight excluding hydrogens is 316 g/mol. The van der Waals surface area contributed by atoms with Gasteiger partial charge in [-0.1, -0.05) is 23.4 Å². The molecule has 1 aromatic heterocycles. The predicted octanol–water partition coefficient (Wildman–Crippen LogP) is 1.51. The topological polar surface area (TPSA) is 90.1 Å². The van der Waals surface area contributed by atoms with E-state index in [-0.39, 0.29) is 12.6 Å². The molecule has 0 saturated heterocycles. The standard InChI is InChI=1S/C12H11ClN4O3S/c13-8-1-2-10-7(3-8)4-9(20-10)6-21-12-14-15-16-17(12)5-11(18)19/h1-3,9H,4-6H2,(H,18,19). The van der Waals surface area contributed by atoms with Crippen molar-refractivity contribution in [1.82, 2.24) is 20.2 Å². The van der Waals surface area contributed by atoms with E-state index in [4.69, 9.17) is 21.4 Å². The number of halogens is 1. The van der Waals surface area contributed by atoms with Crippen molar-refractivity contribution in [3.8, 4) is 5.75 Å². The summed E-state index contributed by atoms with van der Waals surface area (Å²) in [5.74, 6) is 0.491. The number of nitrogens with zero attached hydrogens (tertiary/aromatic N) is 4. The molecule has 21 heavy (non-hydrogen) atoms. The molecule has 1 N–H and O–H groups in total. The maximum atomic E-state index is 10.7. The van der Waals surface area contributed by atoms with E-state index in [1.165, 1.54) is 16.4 Å². The highest BCUT2D eigenvalue weighted by Crippen LogP contribution is 2.32. The Hall–Kier alpha value is -1.80. The minimum absolute atomic E-state index is 0.00144. The first-order valence-electron chi connectivity index (χ1n) is 6.17. The summed E-state index contributed by atoms with van der Waals surface area (Å²) in [4.78, 5) is 10.7. The summed E-state index contributed by atoms with van der Waals surface area (Å²) in [7, 11) is 0. The number of aromatic nitrogens is 4. The van der Waals surface area contributed by atoms with E-state index in [2.05, 4.69) is 15.5 Å². The second-order valence-electron chi connectivity index (χ2n) is 4.52. The molecule has 2 heterocycles. The Morgan fingerprint density at radius 3 is 3.24 bits per heavy atom. The summed E-state index contributed by atoms with van der Waals surface area (Å²) in [6, 6.07) is 5.55. The minimum Gasteiger partial charge on any atom is -0.489 e. The minimum atomic E-state index is -0.983. The number of tetrazole rings is 1. The zero-order valence-electron chi connectivity index (χ0n) is 10.8. The van der Waals surface area contributed by atoms with Gasteiger partial charge in [0.1, 0.15) is 18.4 Å². The van der Waals surface area contributed by atoms with Gasteiger partial charge in [-0.3, -0.25) is 4.79 Å². The van der Waals surface area contributed by atoms with Crippen LogP contribution >= 0.6 is 23.4 Å². The number of hydrogen-bond donors (Lipinski definition) is 1. The third-order valence-electron chi connectivity index (χ3n) is 2.95. The molecule has 1 atom stereocenters. The van der Waals surface area contributed by atoms with Crippen molar-refractivity contribution >= 4 is 29.3 Å². The van der Waals surface area contributed by atoms with Gasteiger partial charge < -0.3 is 9.84 Å². The zero-order chi connectivity index (χ0) is 14.8. The van der Waals surface area contributed by atoms with E-state index >= 15 is 0 Å². The van der Waals surface area contributed by atoms with Crippen LogP contribution in [-0.4, -0.2) is 43.1 Å². The molecule has 0 fully saturated rings. The Labute approximate surface area is 129 Å². The molecule has 0 aliphatic carbocycles. The number of thioether (sulfide) groups is 1. The molecule has 0 spiro atoms. The average molecular weight is 327 g/mol. The van der Waals surface area contributed by atoms with E-state index in [0.29, 0.717) is 15.9 Å². The van der Waals surface area contributed by atoms with Gasteiger partial charge in [-0.05, 0) is 34.2 Å². The summed E-state index contributed by atoms with van der Waals surface area (Å²) >= 11 is 7.33. The molecule has 1 unspecified atom stereocenters. The fraction of sp³-hybridized carbons (Fsp3) is 0.333. The second kappa shape index (κ2) is 5.90. The molecule has 9 heteroatoms. The van der Waals surface area contributed by atoms with Crippen LogP contribution in [0.25, 0.3) is 0 Å². The van der Waals surface area contributed by atoms with Crippen molar-refractivity contribution in [3.63, 3.8) is 0 Å². The molecule has 3 rings (SSSR count). The van der Waals surface area contributed by atoms with Crippen LogP contribution in [0.3, 0.4) is 0 Å². The molecule has 7 nitrogen and oxygen atoms in total. The van der Waals surface area contributed by atoms with E-state index in [1.807, 2.05) is 12.1 Å². The van der Waals surface area contributed by atoms with Crippen LogP contribution in [-0.2, 0) is 17.8 Å². The zero-order valence-corrected chi connectivity index (χ0v) is 12.3. The van der Waals surface area contributed by atoms with E-state index < -0.39 is 5.97 Å². The maximum Gasteiger partial charge on any atom is 0.325 e. The molecule has 1 aliphatic heterocycles. The number of ether oxygens (including phenoxy) is 1. The highest BCUT2D eigenvalue weighted by atomic mass is 35.5. The number of carboxylic acid groups (broad SMARTS) is 1. The number of aliphatic carboxylic acids is 1. The fourth-order valence-corrected chi connectivity index (χ4v) is 3.14. The van der Waals surface area contributed by atoms with Crippen molar-refractivity contribution < 1.29 is 14.6 Å². The summed E-state index contributed by atoms with van der Waals surface area (Å²) in [6.07, 6.45) is 0.766. The van der Waals surface area contributed by atoms with Crippen LogP contribution in [0.1, 0.15) is 5.56 Å². The van der Waals surface area contributed by atoms with Gasteiger partial charge >= 0.3 is 5.97 Å². The Morgan fingerprint density at radius 2 is 2.43 bits per heavy atom.